The molecule has 0 amide bonds. The maximum atomic E-state index is 13.3. The van der Waals surface area contributed by atoms with Crippen molar-refractivity contribution in [1.82, 2.24) is 0 Å². The standard InChI is InChI=1S/C16H18FNO2S/c1-10-6-5-7-11(2)15(10)18-21(19,20)16-12(3)8-14(17)9-13(16)4/h5-9,18H,1-4H3. The van der Waals surface area contributed by atoms with Crippen LogP contribution in [0.5, 0.6) is 0 Å². The first-order chi connectivity index (χ1) is 9.72. The van der Waals surface area contributed by atoms with Crippen molar-refractivity contribution in [3.8, 4) is 0 Å². The van der Waals surface area contributed by atoms with E-state index in [-0.39, 0.29) is 4.90 Å². The smallest absolute Gasteiger partial charge is 0.262 e. The third-order valence-electron chi connectivity index (χ3n) is 3.41. The van der Waals surface area contributed by atoms with Crippen molar-refractivity contribution in [2.24, 2.45) is 0 Å². The average molecular weight is 307 g/mol. The lowest BCUT2D eigenvalue weighted by Crippen LogP contribution is -2.17. The van der Waals surface area contributed by atoms with Gasteiger partial charge in [0.05, 0.1) is 10.6 Å². The highest BCUT2D eigenvalue weighted by atomic mass is 32.2. The fourth-order valence-corrected chi connectivity index (χ4v) is 4.14. The van der Waals surface area contributed by atoms with Gasteiger partial charge in [-0.3, -0.25) is 4.72 Å². The molecule has 0 aliphatic rings. The van der Waals surface area contributed by atoms with E-state index < -0.39 is 15.8 Å². The van der Waals surface area contributed by atoms with E-state index in [0.717, 1.165) is 11.1 Å². The number of nitrogens with one attached hydrogen (secondary N) is 1. The average Bonchev–Trinajstić information content (AvgIpc) is 2.32. The van der Waals surface area contributed by atoms with Gasteiger partial charge in [-0.05, 0) is 62.1 Å². The molecule has 1 N–H and O–H groups in total. The van der Waals surface area contributed by atoms with Crippen LogP contribution >= 0.6 is 0 Å². The summed E-state index contributed by atoms with van der Waals surface area (Å²) in [6.07, 6.45) is 0. The molecule has 21 heavy (non-hydrogen) atoms. The first kappa shape index (κ1) is 15.5. The Hall–Kier alpha value is -1.88. The summed E-state index contributed by atoms with van der Waals surface area (Å²) in [5.41, 5.74) is 3.05. The van der Waals surface area contributed by atoms with E-state index in [9.17, 15) is 12.8 Å². The molecule has 2 rings (SSSR count). The highest BCUT2D eigenvalue weighted by Crippen LogP contribution is 2.27. The molecule has 0 heterocycles. The lowest BCUT2D eigenvalue weighted by Gasteiger charge is -2.16. The van der Waals surface area contributed by atoms with Crippen molar-refractivity contribution >= 4 is 15.7 Å². The third-order valence-corrected chi connectivity index (χ3v) is 5.07. The summed E-state index contributed by atoms with van der Waals surface area (Å²) < 4.78 is 41.2. The molecule has 0 bridgehead atoms. The Bertz CT molecular complexity index is 755. The number of hydrogen-bond acceptors (Lipinski definition) is 2. The van der Waals surface area contributed by atoms with E-state index in [2.05, 4.69) is 4.72 Å². The highest BCUT2D eigenvalue weighted by molar-refractivity contribution is 7.92. The van der Waals surface area contributed by atoms with Crippen molar-refractivity contribution < 1.29 is 12.8 Å². The third kappa shape index (κ3) is 3.08. The van der Waals surface area contributed by atoms with Gasteiger partial charge in [0.25, 0.3) is 10.0 Å². The maximum absolute atomic E-state index is 13.3. The summed E-state index contributed by atoms with van der Waals surface area (Å²) in [5, 5.41) is 0. The largest absolute Gasteiger partial charge is 0.279 e. The molecule has 2 aromatic rings. The summed E-state index contributed by atoms with van der Waals surface area (Å²) in [7, 11) is -3.75. The summed E-state index contributed by atoms with van der Waals surface area (Å²) in [6, 6.07) is 8.01. The minimum atomic E-state index is -3.75. The molecule has 112 valence electrons. The second-order valence-corrected chi connectivity index (χ2v) is 6.86. The van der Waals surface area contributed by atoms with E-state index in [0.29, 0.717) is 16.8 Å². The van der Waals surface area contributed by atoms with Gasteiger partial charge < -0.3 is 0 Å². The van der Waals surface area contributed by atoms with Crippen LogP contribution in [0.15, 0.2) is 35.2 Å². The van der Waals surface area contributed by atoms with E-state index in [1.807, 2.05) is 32.0 Å². The molecule has 0 aromatic heterocycles. The summed E-state index contributed by atoms with van der Waals surface area (Å²) in [6.45, 7) is 6.87. The molecule has 0 saturated heterocycles. The van der Waals surface area contributed by atoms with Crippen molar-refractivity contribution in [3.63, 3.8) is 0 Å². The molecule has 0 radical (unpaired) electrons. The number of anilines is 1. The zero-order valence-corrected chi connectivity index (χ0v) is 13.3. The molecule has 0 atom stereocenters. The van der Waals surface area contributed by atoms with Crippen molar-refractivity contribution in [1.29, 1.82) is 0 Å². The maximum Gasteiger partial charge on any atom is 0.262 e. The van der Waals surface area contributed by atoms with Crippen LogP contribution in [0.25, 0.3) is 0 Å². The van der Waals surface area contributed by atoms with Crippen LogP contribution in [0.3, 0.4) is 0 Å². The van der Waals surface area contributed by atoms with Crippen molar-refractivity contribution in [2.75, 3.05) is 4.72 Å². The van der Waals surface area contributed by atoms with Crippen LogP contribution < -0.4 is 4.72 Å². The Balaban J connectivity index is 2.54. The Kier molecular flexibility index (Phi) is 4.05. The molecule has 5 heteroatoms. The predicted molar refractivity (Wildman–Crippen MR) is 82.6 cm³/mol. The van der Waals surface area contributed by atoms with E-state index in [1.54, 1.807) is 13.8 Å². The number of benzene rings is 2. The fourth-order valence-electron chi connectivity index (χ4n) is 2.48. The molecule has 3 nitrogen and oxygen atoms in total. The first-order valence-corrected chi connectivity index (χ1v) is 8.06. The van der Waals surface area contributed by atoms with Gasteiger partial charge in [-0.15, -0.1) is 0 Å². The SMILES string of the molecule is Cc1cccc(C)c1NS(=O)(=O)c1c(C)cc(F)cc1C. The van der Waals surface area contributed by atoms with Crippen molar-refractivity contribution in [2.45, 2.75) is 32.6 Å². The monoisotopic (exact) mass is 307 g/mol. The number of para-hydroxylation sites is 1. The Labute approximate surface area is 124 Å². The van der Waals surface area contributed by atoms with Gasteiger partial charge in [0.2, 0.25) is 0 Å². The quantitative estimate of drug-likeness (QED) is 0.936. The van der Waals surface area contributed by atoms with Crippen LogP contribution in [-0.4, -0.2) is 8.42 Å². The minimum Gasteiger partial charge on any atom is -0.279 e. The molecular formula is C16H18FNO2S. The van der Waals surface area contributed by atoms with Gasteiger partial charge in [-0.25, -0.2) is 12.8 Å². The number of halogens is 1. The van der Waals surface area contributed by atoms with Crippen LogP contribution in [0, 0.1) is 33.5 Å². The Morgan fingerprint density at radius 3 is 1.86 bits per heavy atom. The van der Waals surface area contributed by atoms with E-state index >= 15 is 0 Å². The Morgan fingerprint density at radius 1 is 0.905 bits per heavy atom. The lowest BCUT2D eigenvalue weighted by molar-refractivity contribution is 0.597. The van der Waals surface area contributed by atoms with Crippen molar-refractivity contribution in [3.05, 3.63) is 58.4 Å². The molecule has 0 spiro atoms. The van der Waals surface area contributed by atoms with Gasteiger partial charge >= 0.3 is 0 Å². The van der Waals surface area contributed by atoms with E-state index in [4.69, 9.17) is 0 Å². The van der Waals surface area contributed by atoms with Crippen LogP contribution in [-0.2, 0) is 10.0 Å². The lowest BCUT2D eigenvalue weighted by atomic mass is 10.1. The van der Waals surface area contributed by atoms with Crippen LogP contribution in [0.1, 0.15) is 22.3 Å². The Morgan fingerprint density at radius 2 is 1.38 bits per heavy atom. The topological polar surface area (TPSA) is 46.2 Å². The number of sulfonamides is 1. The molecule has 0 saturated carbocycles. The highest BCUT2D eigenvalue weighted by Gasteiger charge is 2.21. The van der Waals surface area contributed by atoms with Gasteiger partial charge in [0.1, 0.15) is 5.82 Å². The van der Waals surface area contributed by atoms with Gasteiger partial charge in [0.15, 0.2) is 0 Å². The zero-order valence-electron chi connectivity index (χ0n) is 12.5. The second-order valence-electron chi connectivity index (χ2n) is 5.24. The molecular weight excluding hydrogens is 289 g/mol. The molecule has 0 unspecified atom stereocenters. The molecule has 0 aliphatic heterocycles. The second kappa shape index (κ2) is 5.48. The van der Waals surface area contributed by atoms with Gasteiger partial charge in [-0.2, -0.15) is 0 Å². The fraction of sp³-hybridized carbons (Fsp3) is 0.250. The number of rotatable bonds is 3. The summed E-state index contributed by atoms with van der Waals surface area (Å²) in [5.74, 6) is -0.434. The van der Waals surface area contributed by atoms with Gasteiger partial charge in [-0.1, -0.05) is 18.2 Å². The number of aryl methyl sites for hydroxylation is 4. The molecule has 0 fully saturated rings. The van der Waals surface area contributed by atoms with E-state index in [1.165, 1.54) is 12.1 Å². The number of hydrogen-bond donors (Lipinski definition) is 1. The predicted octanol–water partition coefficient (Wildman–Crippen LogP) is 3.86. The first-order valence-electron chi connectivity index (χ1n) is 6.58. The van der Waals surface area contributed by atoms with Gasteiger partial charge in [0, 0.05) is 0 Å². The molecule has 0 aliphatic carbocycles. The molecule has 2 aromatic carbocycles. The van der Waals surface area contributed by atoms with Crippen LogP contribution in [0.2, 0.25) is 0 Å². The summed E-state index contributed by atoms with van der Waals surface area (Å²) in [4.78, 5) is 0.131. The normalized spacial score (nSPS) is 11.5. The summed E-state index contributed by atoms with van der Waals surface area (Å²) >= 11 is 0. The zero-order chi connectivity index (χ0) is 15.8. The minimum absolute atomic E-state index is 0.131. The van der Waals surface area contributed by atoms with Crippen LogP contribution in [0.4, 0.5) is 10.1 Å².